The Morgan fingerprint density at radius 3 is 1.64 bits per heavy atom. The summed E-state index contributed by atoms with van der Waals surface area (Å²) in [6.45, 7) is -0.662. The van der Waals surface area contributed by atoms with Crippen molar-refractivity contribution in [3.63, 3.8) is 0 Å². The van der Waals surface area contributed by atoms with Crippen LogP contribution in [0.1, 0.15) is 25.7 Å². The Morgan fingerprint density at radius 2 is 1.43 bits per heavy atom. The quantitative estimate of drug-likeness (QED) is 0.494. The zero-order valence-electron chi connectivity index (χ0n) is 7.66. The molecule has 0 aromatic heterocycles. The lowest BCUT2D eigenvalue weighted by Crippen LogP contribution is -2.58. The van der Waals surface area contributed by atoms with Gasteiger partial charge in [-0.1, -0.05) is 25.7 Å². The van der Waals surface area contributed by atoms with E-state index in [4.69, 9.17) is 0 Å². The highest BCUT2D eigenvalue weighted by Gasteiger charge is 2.59. The molecular formula is C8H13F4NO. The average Bonchev–Trinajstić information content (AvgIpc) is 1.92. The first-order valence-electron chi connectivity index (χ1n) is 4.60. The molecule has 1 saturated carbocycles. The molecule has 0 aromatic carbocycles. The van der Waals surface area contributed by atoms with E-state index < -0.39 is 18.8 Å². The van der Waals surface area contributed by atoms with Crippen LogP contribution in [-0.4, -0.2) is 25.3 Å². The van der Waals surface area contributed by atoms with Crippen LogP contribution >= 0.6 is 0 Å². The lowest BCUT2D eigenvalue weighted by Gasteiger charge is -2.30. The molecular weight excluding hydrogens is 202 g/mol. The number of hydrogen-bond acceptors (Lipinski definition) is 2. The van der Waals surface area contributed by atoms with Crippen LogP contribution in [0, 0.1) is 0 Å². The smallest absolute Gasteiger partial charge is 0.313 e. The lowest BCUT2D eigenvalue weighted by atomic mass is 10.0. The summed E-state index contributed by atoms with van der Waals surface area (Å²) in [5.74, 6) is 0. The summed E-state index contributed by atoms with van der Waals surface area (Å²) in [5, 5.41) is 1.34. The normalized spacial score (nSPS) is 28.3. The Kier molecular flexibility index (Phi) is 3.71. The second kappa shape index (κ2) is 4.44. The molecule has 2 rings (SSSR count). The fraction of sp³-hybridized carbons (Fsp3) is 1.00. The molecule has 0 amide bonds. The Hall–Kier alpha value is -0.360. The maximum Gasteiger partial charge on any atom is 0.434 e. The van der Waals surface area contributed by atoms with E-state index in [2.05, 4.69) is 4.74 Å². The summed E-state index contributed by atoms with van der Waals surface area (Å²) >= 11 is 0. The summed E-state index contributed by atoms with van der Waals surface area (Å²) in [4.78, 5) is 0. The SMILES string of the molecule is C1CCC1.FC1(F)NCCOC1(F)F. The molecule has 2 fully saturated rings. The summed E-state index contributed by atoms with van der Waals surface area (Å²) in [5.41, 5.74) is 0. The third-order valence-corrected chi connectivity index (χ3v) is 2.10. The van der Waals surface area contributed by atoms with Crippen molar-refractivity contribution in [1.82, 2.24) is 5.32 Å². The molecule has 84 valence electrons. The van der Waals surface area contributed by atoms with Crippen LogP contribution in [-0.2, 0) is 4.74 Å². The number of rotatable bonds is 0. The van der Waals surface area contributed by atoms with Gasteiger partial charge in [-0.05, 0) is 0 Å². The van der Waals surface area contributed by atoms with Gasteiger partial charge in [0.15, 0.2) is 0 Å². The van der Waals surface area contributed by atoms with Crippen molar-refractivity contribution < 1.29 is 22.3 Å². The average molecular weight is 215 g/mol. The third kappa shape index (κ3) is 2.81. The first-order valence-corrected chi connectivity index (χ1v) is 4.60. The van der Waals surface area contributed by atoms with Crippen LogP contribution in [0.25, 0.3) is 0 Å². The van der Waals surface area contributed by atoms with Gasteiger partial charge >= 0.3 is 12.2 Å². The van der Waals surface area contributed by atoms with Crippen LogP contribution in [0.3, 0.4) is 0 Å². The molecule has 1 aliphatic carbocycles. The van der Waals surface area contributed by atoms with E-state index in [0.29, 0.717) is 0 Å². The molecule has 1 aliphatic heterocycles. The molecule has 1 saturated heterocycles. The number of morpholine rings is 1. The monoisotopic (exact) mass is 215 g/mol. The minimum atomic E-state index is -4.37. The molecule has 0 unspecified atom stereocenters. The Morgan fingerprint density at radius 1 is 0.929 bits per heavy atom. The van der Waals surface area contributed by atoms with E-state index in [1.807, 2.05) is 0 Å². The van der Waals surface area contributed by atoms with Crippen molar-refractivity contribution in [2.75, 3.05) is 13.2 Å². The maximum absolute atomic E-state index is 12.0. The second-order valence-electron chi connectivity index (χ2n) is 3.28. The topological polar surface area (TPSA) is 21.3 Å². The largest absolute Gasteiger partial charge is 0.434 e. The number of ether oxygens (including phenoxy) is 1. The molecule has 2 aliphatic rings. The first-order chi connectivity index (χ1) is 6.46. The van der Waals surface area contributed by atoms with Gasteiger partial charge in [-0.25, -0.2) is 5.32 Å². The highest BCUT2D eigenvalue weighted by molar-refractivity contribution is 4.77. The van der Waals surface area contributed by atoms with Gasteiger partial charge in [0, 0.05) is 6.54 Å². The lowest BCUT2D eigenvalue weighted by molar-refractivity contribution is -0.373. The number of hydrogen-bond donors (Lipinski definition) is 1. The molecule has 0 bridgehead atoms. The van der Waals surface area contributed by atoms with Crippen molar-refractivity contribution in [2.45, 2.75) is 37.8 Å². The highest BCUT2D eigenvalue weighted by Crippen LogP contribution is 2.34. The Bertz CT molecular complexity index is 162. The molecule has 6 heteroatoms. The number of halogens is 4. The third-order valence-electron chi connectivity index (χ3n) is 2.10. The fourth-order valence-corrected chi connectivity index (χ4v) is 0.831. The minimum absolute atomic E-state index is 0.261. The summed E-state index contributed by atoms with van der Waals surface area (Å²) in [6, 6.07) is -4.23. The fourth-order valence-electron chi connectivity index (χ4n) is 0.831. The van der Waals surface area contributed by atoms with E-state index in [-0.39, 0.29) is 6.54 Å². The zero-order chi connectivity index (χ0) is 10.7. The molecule has 0 radical (unpaired) electrons. The molecule has 1 heterocycles. The maximum atomic E-state index is 12.0. The van der Waals surface area contributed by atoms with Gasteiger partial charge in [0.2, 0.25) is 0 Å². The van der Waals surface area contributed by atoms with Crippen LogP contribution in [0.2, 0.25) is 0 Å². The zero-order valence-corrected chi connectivity index (χ0v) is 7.66. The Balaban J connectivity index is 0.000000203. The summed E-state index contributed by atoms with van der Waals surface area (Å²) in [6.07, 6.45) is 1.63. The number of nitrogens with one attached hydrogen (secondary N) is 1. The van der Waals surface area contributed by atoms with Gasteiger partial charge in [-0.15, -0.1) is 0 Å². The summed E-state index contributed by atoms with van der Waals surface area (Å²) < 4.78 is 51.4. The predicted octanol–water partition coefficient (Wildman–Crippen LogP) is 2.35. The van der Waals surface area contributed by atoms with Crippen molar-refractivity contribution >= 4 is 0 Å². The van der Waals surface area contributed by atoms with Gasteiger partial charge in [0.1, 0.15) is 0 Å². The van der Waals surface area contributed by atoms with E-state index >= 15 is 0 Å². The predicted molar refractivity (Wildman–Crippen MR) is 42.3 cm³/mol. The van der Waals surface area contributed by atoms with E-state index in [1.54, 1.807) is 0 Å². The van der Waals surface area contributed by atoms with Crippen LogP contribution < -0.4 is 5.32 Å². The summed E-state index contributed by atoms with van der Waals surface area (Å²) in [7, 11) is 0. The second-order valence-corrected chi connectivity index (χ2v) is 3.28. The van der Waals surface area contributed by atoms with Crippen molar-refractivity contribution in [1.29, 1.82) is 0 Å². The molecule has 1 N–H and O–H groups in total. The van der Waals surface area contributed by atoms with Crippen molar-refractivity contribution in [2.24, 2.45) is 0 Å². The van der Waals surface area contributed by atoms with Crippen LogP contribution in [0.5, 0.6) is 0 Å². The molecule has 2 nitrogen and oxygen atoms in total. The van der Waals surface area contributed by atoms with Gasteiger partial charge < -0.3 is 4.74 Å². The van der Waals surface area contributed by atoms with E-state index in [1.165, 1.54) is 31.0 Å². The first kappa shape index (κ1) is 11.7. The van der Waals surface area contributed by atoms with E-state index in [9.17, 15) is 17.6 Å². The van der Waals surface area contributed by atoms with Crippen molar-refractivity contribution in [3.05, 3.63) is 0 Å². The standard InChI is InChI=1S/C4H5F4NO.C4H8/c5-3(6)4(7,8)10-2-1-9-3;1-2-4-3-1/h9H,1-2H2;1-4H2. The molecule has 14 heavy (non-hydrogen) atoms. The van der Waals surface area contributed by atoms with Gasteiger partial charge in [0.25, 0.3) is 0 Å². The molecule has 0 atom stereocenters. The van der Waals surface area contributed by atoms with Crippen LogP contribution in [0.15, 0.2) is 0 Å². The van der Waals surface area contributed by atoms with Crippen LogP contribution in [0.4, 0.5) is 17.6 Å². The number of alkyl halides is 4. The van der Waals surface area contributed by atoms with Gasteiger partial charge in [-0.2, -0.15) is 17.6 Å². The van der Waals surface area contributed by atoms with Gasteiger partial charge in [0.05, 0.1) is 6.61 Å². The van der Waals surface area contributed by atoms with E-state index in [0.717, 1.165) is 0 Å². The minimum Gasteiger partial charge on any atom is -0.313 e. The molecule has 0 spiro atoms. The van der Waals surface area contributed by atoms with Gasteiger partial charge in [-0.3, -0.25) is 0 Å². The van der Waals surface area contributed by atoms with Crippen molar-refractivity contribution in [3.8, 4) is 0 Å². The Labute approximate surface area is 79.6 Å². The highest BCUT2D eigenvalue weighted by atomic mass is 19.3. The molecule has 0 aromatic rings.